The third-order valence-electron chi connectivity index (χ3n) is 3.39. The molecule has 134 valence electrons. The molecule has 3 rings (SSSR count). The predicted octanol–water partition coefficient (Wildman–Crippen LogP) is 7.86. The summed E-state index contributed by atoms with van der Waals surface area (Å²) in [5.41, 5.74) is 4.05. The fourth-order valence-corrected chi connectivity index (χ4v) is 1.81. The van der Waals surface area contributed by atoms with E-state index in [-0.39, 0.29) is 0 Å². The van der Waals surface area contributed by atoms with Gasteiger partial charge < -0.3 is 0 Å². The summed E-state index contributed by atoms with van der Waals surface area (Å²) in [6.07, 6.45) is 13.1. The molecule has 0 heteroatoms. The second-order valence-electron chi connectivity index (χ2n) is 5.90. The van der Waals surface area contributed by atoms with Gasteiger partial charge in [0.15, 0.2) is 0 Å². The van der Waals surface area contributed by atoms with Crippen molar-refractivity contribution in [2.24, 2.45) is 0 Å². The lowest BCUT2D eigenvalue weighted by Gasteiger charge is -1.96. The van der Waals surface area contributed by atoms with E-state index < -0.39 is 0 Å². The van der Waals surface area contributed by atoms with E-state index in [4.69, 9.17) is 0 Å². The van der Waals surface area contributed by atoms with Gasteiger partial charge in [0.1, 0.15) is 0 Å². The summed E-state index contributed by atoms with van der Waals surface area (Å²) >= 11 is 0. The topological polar surface area (TPSA) is 0 Å². The molecule has 0 heterocycles. The number of rotatable bonds is 0. The molecule has 1 aliphatic rings. The highest BCUT2D eigenvalue weighted by molar-refractivity contribution is 5.19. The van der Waals surface area contributed by atoms with Gasteiger partial charge in [-0.1, -0.05) is 108 Å². The molecule has 0 fully saturated rings. The molecule has 1 aliphatic carbocycles. The third kappa shape index (κ3) is 16.3. The zero-order valence-corrected chi connectivity index (χ0v) is 16.6. The lowest BCUT2D eigenvalue weighted by molar-refractivity contribution is 1.02. The molecule has 2 aromatic carbocycles. The Kier molecular flexibility index (Phi) is 15.0. The van der Waals surface area contributed by atoms with Crippen LogP contribution in [0.1, 0.15) is 44.7 Å². The van der Waals surface area contributed by atoms with Crippen LogP contribution >= 0.6 is 0 Å². The molecule has 0 nitrogen and oxygen atoms in total. The van der Waals surface area contributed by atoms with Crippen molar-refractivity contribution >= 4 is 0 Å². The Balaban J connectivity index is 0.000000314. The highest BCUT2D eigenvalue weighted by atomic mass is 13.9. The molecule has 0 amide bonds. The molecule has 0 saturated carbocycles. The maximum atomic E-state index is 2.26. The first-order valence-electron chi connectivity index (χ1n) is 9.04. The standard InChI is InChI=1S/C7H10.2C7H8.C4H8/c3*1-7-5-3-2-4-6-7;1-3-4-2/h3,5-6H,2,4H2,1H3;2*2-6H,1H3;3-4H,1-2H3/b;;;4-3-. The van der Waals surface area contributed by atoms with Crippen LogP contribution in [0.5, 0.6) is 0 Å². The van der Waals surface area contributed by atoms with Crippen LogP contribution in [-0.2, 0) is 0 Å². The number of allylic oxidation sites excluding steroid dienone is 6. The van der Waals surface area contributed by atoms with Crippen molar-refractivity contribution in [2.45, 2.75) is 47.5 Å². The highest BCUT2D eigenvalue weighted by Crippen LogP contribution is 2.06. The Hall–Kier alpha value is -2.34. The van der Waals surface area contributed by atoms with Gasteiger partial charge in [0, 0.05) is 0 Å². The summed E-state index contributed by atoms with van der Waals surface area (Å²) in [6, 6.07) is 20.5. The van der Waals surface area contributed by atoms with Crippen LogP contribution in [0.15, 0.2) is 96.6 Å². The monoisotopic (exact) mass is 334 g/mol. The van der Waals surface area contributed by atoms with Gasteiger partial charge >= 0.3 is 0 Å². The highest BCUT2D eigenvalue weighted by Gasteiger charge is 1.86. The van der Waals surface area contributed by atoms with Gasteiger partial charge in [-0.15, -0.1) is 0 Å². The number of hydrogen-bond donors (Lipinski definition) is 0. The van der Waals surface area contributed by atoms with Crippen LogP contribution in [-0.4, -0.2) is 0 Å². The van der Waals surface area contributed by atoms with E-state index in [9.17, 15) is 0 Å². The Bertz CT molecular complexity index is 560. The first kappa shape index (κ1) is 22.7. The van der Waals surface area contributed by atoms with E-state index in [0.29, 0.717) is 0 Å². The summed E-state index contributed by atoms with van der Waals surface area (Å²) in [5.74, 6) is 0. The Morgan fingerprint density at radius 3 is 1.24 bits per heavy atom. The van der Waals surface area contributed by atoms with Gasteiger partial charge in [0.25, 0.3) is 0 Å². The van der Waals surface area contributed by atoms with Crippen molar-refractivity contribution in [3.8, 4) is 0 Å². The first-order valence-corrected chi connectivity index (χ1v) is 9.04. The molecule has 0 unspecified atom stereocenters. The zero-order valence-electron chi connectivity index (χ0n) is 16.6. The molecule has 0 aliphatic heterocycles. The van der Waals surface area contributed by atoms with E-state index >= 15 is 0 Å². The van der Waals surface area contributed by atoms with E-state index in [2.05, 4.69) is 63.3 Å². The molecule has 0 atom stereocenters. The predicted molar refractivity (Wildman–Crippen MR) is 115 cm³/mol. The van der Waals surface area contributed by atoms with Crippen molar-refractivity contribution in [2.75, 3.05) is 0 Å². The van der Waals surface area contributed by atoms with E-state index in [1.54, 1.807) is 0 Å². The second-order valence-corrected chi connectivity index (χ2v) is 5.90. The van der Waals surface area contributed by atoms with Crippen LogP contribution in [0.25, 0.3) is 0 Å². The summed E-state index contributed by atoms with van der Waals surface area (Å²) in [6.45, 7) is 10.3. The molecule has 0 N–H and O–H groups in total. The van der Waals surface area contributed by atoms with Gasteiger partial charge in [0.2, 0.25) is 0 Å². The fourth-order valence-electron chi connectivity index (χ4n) is 1.81. The largest absolute Gasteiger partial charge is 0.0919 e. The molecular weight excluding hydrogens is 300 g/mol. The minimum Gasteiger partial charge on any atom is -0.0919 e. The van der Waals surface area contributed by atoms with Gasteiger partial charge in [-0.2, -0.15) is 0 Å². The molecule has 0 radical (unpaired) electrons. The molecule has 2 aromatic rings. The molecule has 25 heavy (non-hydrogen) atoms. The second kappa shape index (κ2) is 16.5. The van der Waals surface area contributed by atoms with E-state index in [0.717, 1.165) is 0 Å². The first-order chi connectivity index (χ1) is 12.1. The SMILES string of the molecule is C/C=C\C.CC1=CCCC=C1.Cc1ccccc1.Cc1ccccc1. The van der Waals surface area contributed by atoms with Crippen molar-refractivity contribution in [1.29, 1.82) is 0 Å². The molecule has 0 saturated heterocycles. The normalized spacial score (nSPS) is 11.8. The van der Waals surface area contributed by atoms with Gasteiger partial charge in [-0.25, -0.2) is 0 Å². The van der Waals surface area contributed by atoms with Crippen molar-refractivity contribution in [1.82, 2.24) is 0 Å². The lowest BCUT2D eigenvalue weighted by Crippen LogP contribution is -1.76. The summed E-state index contributed by atoms with van der Waals surface area (Å²) in [7, 11) is 0. The summed E-state index contributed by atoms with van der Waals surface area (Å²) in [5, 5.41) is 0. The third-order valence-corrected chi connectivity index (χ3v) is 3.39. The van der Waals surface area contributed by atoms with Crippen LogP contribution in [0.4, 0.5) is 0 Å². The average molecular weight is 335 g/mol. The Labute approximate surface area is 155 Å². The summed E-state index contributed by atoms with van der Waals surface area (Å²) < 4.78 is 0. The summed E-state index contributed by atoms with van der Waals surface area (Å²) in [4.78, 5) is 0. The van der Waals surface area contributed by atoms with Crippen molar-refractivity contribution < 1.29 is 0 Å². The van der Waals surface area contributed by atoms with Gasteiger partial charge in [-0.3, -0.25) is 0 Å². The Morgan fingerprint density at radius 2 is 1.08 bits per heavy atom. The van der Waals surface area contributed by atoms with Crippen molar-refractivity contribution in [3.63, 3.8) is 0 Å². The number of hydrogen-bond acceptors (Lipinski definition) is 0. The zero-order chi connectivity index (χ0) is 18.8. The number of aryl methyl sites for hydroxylation is 2. The lowest BCUT2D eigenvalue weighted by atomic mass is 10.1. The van der Waals surface area contributed by atoms with Gasteiger partial charge in [-0.05, 0) is 47.5 Å². The van der Waals surface area contributed by atoms with Gasteiger partial charge in [0.05, 0.1) is 0 Å². The van der Waals surface area contributed by atoms with Crippen LogP contribution in [0.2, 0.25) is 0 Å². The maximum Gasteiger partial charge on any atom is -0.0310 e. The van der Waals surface area contributed by atoms with Crippen molar-refractivity contribution in [3.05, 3.63) is 108 Å². The average Bonchev–Trinajstić information content (AvgIpc) is 2.65. The minimum atomic E-state index is 1.23. The maximum absolute atomic E-state index is 2.26. The van der Waals surface area contributed by atoms with Crippen LogP contribution < -0.4 is 0 Å². The molecule has 0 bridgehead atoms. The minimum absolute atomic E-state index is 1.23. The molecule has 0 spiro atoms. The molecule has 0 aromatic heterocycles. The van der Waals surface area contributed by atoms with E-state index in [1.165, 1.54) is 29.5 Å². The van der Waals surface area contributed by atoms with Crippen LogP contribution in [0, 0.1) is 13.8 Å². The van der Waals surface area contributed by atoms with Crippen LogP contribution in [0.3, 0.4) is 0 Å². The number of benzene rings is 2. The Morgan fingerprint density at radius 1 is 0.640 bits per heavy atom. The fraction of sp³-hybridized carbons (Fsp3) is 0.280. The quantitative estimate of drug-likeness (QED) is 0.430. The molecular formula is C25H34. The van der Waals surface area contributed by atoms with E-state index in [1.807, 2.05) is 62.4 Å². The smallest absolute Gasteiger partial charge is 0.0310 e.